The highest BCUT2D eigenvalue weighted by atomic mass is 79.9. The lowest BCUT2D eigenvalue weighted by atomic mass is 10.1. The molecule has 1 atom stereocenters. The molecule has 1 aromatic carbocycles. The molecule has 0 spiro atoms. The van der Waals surface area contributed by atoms with Gasteiger partial charge in [0.1, 0.15) is 17.3 Å². The summed E-state index contributed by atoms with van der Waals surface area (Å²) in [6, 6.07) is 12.1. The summed E-state index contributed by atoms with van der Waals surface area (Å²) in [6.45, 7) is 1.95. The van der Waals surface area contributed by atoms with Crippen LogP contribution in [0.2, 0.25) is 0 Å². The van der Waals surface area contributed by atoms with Gasteiger partial charge in [-0.15, -0.1) is 0 Å². The van der Waals surface area contributed by atoms with Crippen molar-refractivity contribution in [3.05, 3.63) is 53.5 Å². The molecular weight excluding hydrogens is 280 g/mol. The van der Waals surface area contributed by atoms with Gasteiger partial charge >= 0.3 is 0 Å². The Morgan fingerprint density at radius 1 is 1.18 bits per heavy atom. The molecule has 2 nitrogen and oxygen atoms in total. The van der Waals surface area contributed by atoms with Crippen LogP contribution in [0.3, 0.4) is 0 Å². The van der Waals surface area contributed by atoms with E-state index in [4.69, 9.17) is 9.15 Å². The van der Waals surface area contributed by atoms with Crippen LogP contribution >= 0.6 is 15.9 Å². The largest absolute Gasteiger partial charge is 0.497 e. The molecule has 1 heterocycles. The first kappa shape index (κ1) is 12.2. The molecule has 0 aliphatic rings. The van der Waals surface area contributed by atoms with Crippen LogP contribution < -0.4 is 4.74 Å². The van der Waals surface area contributed by atoms with E-state index in [0.29, 0.717) is 0 Å². The van der Waals surface area contributed by atoms with Crippen molar-refractivity contribution in [2.75, 3.05) is 7.11 Å². The first-order valence-electron chi connectivity index (χ1n) is 5.52. The molecule has 2 rings (SSSR count). The minimum Gasteiger partial charge on any atom is -0.497 e. The standard InChI is InChI=1S/C14H15BrO2/c1-10-3-8-14(17-10)13(15)9-11-4-6-12(16-2)7-5-11/h3-8,13H,9H2,1-2H3. The maximum Gasteiger partial charge on any atom is 0.118 e. The van der Waals surface area contributed by atoms with Gasteiger partial charge in [-0.25, -0.2) is 0 Å². The van der Waals surface area contributed by atoms with E-state index in [0.717, 1.165) is 23.7 Å². The van der Waals surface area contributed by atoms with Crippen LogP contribution in [0.15, 0.2) is 40.8 Å². The SMILES string of the molecule is COc1ccc(CC(Br)c2ccc(C)o2)cc1. The molecule has 0 amide bonds. The second-order valence-corrected chi connectivity index (χ2v) is 5.07. The number of furan rings is 1. The molecule has 17 heavy (non-hydrogen) atoms. The Balaban J connectivity index is 2.04. The fourth-order valence-corrected chi connectivity index (χ4v) is 2.31. The summed E-state index contributed by atoms with van der Waals surface area (Å²) >= 11 is 3.65. The number of benzene rings is 1. The third-order valence-corrected chi connectivity index (χ3v) is 3.42. The topological polar surface area (TPSA) is 22.4 Å². The van der Waals surface area contributed by atoms with Crippen molar-refractivity contribution in [1.82, 2.24) is 0 Å². The highest BCUT2D eigenvalue weighted by Gasteiger charge is 2.12. The van der Waals surface area contributed by atoms with Gasteiger partial charge in [0.25, 0.3) is 0 Å². The van der Waals surface area contributed by atoms with Crippen LogP contribution in [0, 0.1) is 6.92 Å². The van der Waals surface area contributed by atoms with Crippen molar-refractivity contribution in [3.8, 4) is 5.75 Å². The predicted molar refractivity (Wildman–Crippen MR) is 71.8 cm³/mol. The molecule has 2 aromatic rings. The van der Waals surface area contributed by atoms with E-state index in [-0.39, 0.29) is 4.83 Å². The number of hydrogen-bond donors (Lipinski definition) is 0. The lowest BCUT2D eigenvalue weighted by Gasteiger charge is -2.07. The first-order valence-corrected chi connectivity index (χ1v) is 6.44. The molecular formula is C14H15BrO2. The molecule has 0 N–H and O–H groups in total. The lowest BCUT2D eigenvalue weighted by Crippen LogP contribution is -1.94. The Bertz CT molecular complexity index is 473. The molecule has 90 valence electrons. The van der Waals surface area contributed by atoms with Gasteiger partial charge in [0, 0.05) is 0 Å². The van der Waals surface area contributed by atoms with Crippen molar-refractivity contribution in [1.29, 1.82) is 0 Å². The Labute approximate surface area is 110 Å². The summed E-state index contributed by atoms with van der Waals surface area (Å²) < 4.78 is 10.7. The molecule has 0 radical (unpaired) electrons. The molecule has 3 heteroatoms. The fraction of sp³-hybridized carbons (Fsp3) is 0.286. The van der Waals surface area contributed by atoms with Crippen molar-refractivity contribution >= 4 is 15.9 Å². The molecule has 0 aliphatic carbocycles. The van der Waals surface area contributed by atoms with E-state index in [9.17, 15) is 0 Å². The average Bonchev–Trinajstić information content (AvgIpc) is 2.77. The van der Waals surface area contributed by atoms with Gasteiger partial charge in [0.05, 0.1) is 11.9 Å². The van der Waals surface area contributed by atoms with E-state index >= 15 is 0 Å². The zero-order valence-corrected chi connectivity index (χ0v) is 11.5. The maximum atomic E-state index is 5.59. The zero-order chi connectivity index (χ0) is 12.3. The number of ether oxygens (including phenoxy) is 1. The number of halogens is 1. The zero-order valence-electron chi connectivity index (χ0n) is 9.94. The van der Waals surface area contributed by atoms with Crippen molar-refractivity contribution in [2.24, 2.45) is 0 Å². The van der Waals surface area contributed by atoms with Crippen LogP contribution in [0.4, 0.5) is 0 Å². The second-order valence-electron chi connectivity index (χ2n) is 3.97. The molecule has 1 unspecified atom stereocenters. The van der Waals surface area contributed by atoms with Crippen LogP contribution in [-0.4, -0.2) is 7.11 Å². The molecule has 1 aromatic heterocycles. The van der Waals surface area contributed by atoms with E-state index in [1.807, 2.05) is 31.2 Å². The molecule has 0 saturated carbocycles. The number of methoxy groups -OCH3 is 1. The molecule has 0 saturated heterocycles. The van der Waals surface area contributed by atoms with Gasteiger partial charge in [-0.1, -0.05) is 28.1 Å². The summed E-state index contributed by atoms with van der Waals surface area (Å²) in [7, 11) is 1.67. The summed E-state index contributed by atoms with van der Waals surface area (Å²) in [4.78, 5) is 0.213. The highest BCUT2D eigenvalue weighted by molar-refractivity contribution is 9.09. The number of rotatable bonds is 4. The van der Waals surface area contributed by atoms with E-state index in [1.165, 1.54) is 5.56 Å². The van der Waals surface area contributed by atoms with Gasteiger partial charge in [0.2, 0.25) is 0 Å². The van der Waals surface area contributed by atoms with Gasteiger partial charge in [-0.2, -0.15) is 0 Å². The van der Waals surface area contributed by atoms with Gasteiger partial charge < -0.3 is 9.15 Å². The summed E-state index contributed by atoms with van der Waals surface area (Å²) in [5.74, 6) is 2.80. The Kier molecular flexibility index (Phi) is 3.89. The molecule has 0 bridgehead atoms. The van der Waals surface area contributed by atoms with E-state index < -0.39 is 0 Å². The number of aryl methyl sites for hydroxylation is 1. The van der Waals surface area contributed by atoms with Crippen LogP contribution in [0.25, 0.3) is 0 Å². The first-order chi connectivity index (χ1) is 8.19. The Morgan fingerprint density at radius 2 is 1.88 bits per heavy atom. The van der Waals surface area contributed by atoms with Crippen molar-refractivity contribution < 1.29 is 9.15 Å². The normalized spacial score (nSPS) is 12.4. The van der Waals surface area contributed by atoms with Crippen molar-refractivity contribution in [2.45, 2.75) is 18.2 Å². The van der Waals surface area contributed by atoms with Gasteiger partial charge in [-0.3, -0.25) is 0 Å². The Morgan fingerprint density at radius 3 is 2.41 bits per heavy atom. The molecule has 0 fully saturated rings. The minimum atomic E-state index is 0.213. The third-order valence-electron chi connectivity index (χ3n) is 2.64. The van der Waals surface area contributed by atoms with Gasteiger partial charge in [0.15, 0.2) is 0 Å². The molecule has 0 aliphatic heterocycles. The fourth-order valence-electron chi connectivity index (χ4n) is 1.69. The highest BCUT2D eigenvalue weighted by Crippen LogP contribution is 2.28. The predicted octanol–water partition coefficient (Wildman–Crippen LogP) is 4.28. The van der Waals surface area contributed by atoms with Gasteiger partial charge in [-0.05, 0) is 43.2 Å². The van der Waals surface area contributed by atoms with Crippen LogP contribution in [0.1, 0.15) is 21.9 Å². The Hall–Kier alpha value is -1.22. The van der Waals surface area contributed by atoms with Crippen LogP contribution in [-0.2, 0) is 6.42 Å². The van der Waals surface area contributed by atoms with Crippen LogP contribution in [0.5, 0.6) is 5.75 Å². The number of hydrogen-bond acceptors (Lipinski definition) is 2. The summed E-state index contributed by atoms with van der Waals surface area (Å²) in [6.07, 6.45) is 0.900. The van der Waals surface area contributed by atoms with Crippen molar-refractivity contribution in [3.63, 3.8) is 0 Å². The third kappa shape index (κ3) is 3.13. The second kappa shape index (κ2) is 5.41. The van der Waals surface area contributed by atoms with E-state index in [1.54, 1.807) is 7.11 Å². The minimum absolute atomic E-state index is 0.213. The monoisotopic (exact) mass is 294 g/mol. The average molecular weight is 295 g/mol. The smallest absolute Gasteiger partial charge is 0.118 e. The van der Waals surface area contributed by atoms with E-state index in [2.05, 4.69) is 28.1 Å². The quantitative estimate of drug-likeness (QED) is 0.786. The number of alkyl halides is 1. The summed E-state index contributed by atoms with van der Waals surface area (Å²) in [5, 5.41) is 0. The lowest BCUT2D eigenvalue weighted by molar-refractivity contribution is 0.414. The maximum absolute atomic E-state index is 5.59. The summed E-state index contributed by atoms with van der Waals surface area (Å²) in [5.41, 5.74) is 1.25.